The summed E-state index contributed by atoms with van der Waals surface area (Å²) in [5.41, 5.74) is 3.08. The van der Waals surface area contributed by atoms with Crippen molar-refractivity contribution >= 4 is 17.5 Å². The number of aliphatic hydroxyl groups excluding tert-OH is 1. The van der Waals surface area contributed by atoms with Gasteiger partial charge in [0.05, 0.1) is 6.61 Å². The number of esters is 2. The van der Waals surface area contributed by atoms with E-state index in [0.717, 1.165) is 16.7 Å². The lowest BCUT2D eigenvalue weighted by Crippen LogP contribution is -2.31. The number of carbonyl (C=O) groups excluding carboxylic acids is 2. The van der Waals surface area contributed by atoms with Gasteiger partial charge in [0.1, 0.15) is 6.10 Å². The second kappa shape index (κ2) is 8.81. The third kappa shape index (κ3) is 6.35. The summed E-state index contributed by atoms with van der Waals surface area (Å²) in [6.07, 6.45) is -1.68. The lowest BCUT2D eigenvalue weighted by atomic mass is 9.81. The molecule has 0 bridgehead atoms. The molecule has 0 saturated heterocycles. The van der Waals surface area contributed by atoms with Crippen molar-refractivity contribution in [3.05, 3.63) is 42.0 Å². The molecule has 25 heavy (non-hydrogen) atoms. The molecule has 1 N–H and O–H groups in total. The summed E-state index contributed by atoms with van der Waals surface area (Å²) in [5.74, 6) is -1.47. The highest BCUT2D eigenvalue weighted by Gasteiger charge is 2.24. The van der Waals surface area contributed by atoms with Crippen molar-refractivity contribution < 1.29 is 24.2 Å². The monoisotopic (exact) mass is 348 g/mol. The molecule has 0 aliphatic rings. The van der Waals surface area contributed by atoms with Gasteiger partial charge < -0.3 is 14.6 Å². The van der Waals surface area contributed by atoms with Crippen LogP contribution in [0.15, 0.2) is 30.8 Å². The molecule has 0 heterocycles. The van der Waals surface area contributed by atoms with Gasteiger partial charge in [-0.2, -0.15) is 0 Å². The van der Waals surface area contributed by atoms with E-state index in [-0.39, 0.29) is 12.0 Å². The first-order chi connectivity index (χ1) is 11.5. The minimum absolute atomic E-state index is 0.173. The molecular formula is C20H28O5. The number of aliphatic hydroxyl groups is 1. The Hall–Kier alpha value is -2.14. The van der Waals surface area contributed by atoms with Gasteiger partial charge in [-0.1, -0.05) is 50.3 Å². The van der Waals surface area contributed by atoms with Crippen LogP contribution in [0.2, 0.25) is 0 Å². The number of carbonyl (C=O) groups is 2. The van der Waals surface area contributed by atoms with Crippen LogP contribution >= 0.6 is 0 Å². The van der Waals surface area contributed by atoms with Gasteiger partial charge in [0.2, 0.25) is 0 Å². The zero-order valence-corrected chi connectivity index (χ0v) is 15.7. The molecule has 1 rings (SSSR count). The Morgan fingerprint density at radius 3 is 2.20 bits per heavy atom. The summed E-state index contributed by atoms with van der Waals surface area (Å²) >= 11 is 0. The first kappa shape index (κ1) is 20.9. The standard InChI is InChI=1S/C20H28O5/c1-13(2)16-7-9-17(10-8-16)20(5,6)11-12-24-19(23)15(4)25-18(22)14(3)21/h7-10,14-15,21H,1,11-12H2,2-6H3. The van der Waals surface area contributed by atoms with Gasteiger partial charge in [-0.25, -0.2) is 9.59 Å². The van der Waals surface area contributed by atoms with Gasteiger partial charge in [0, 0.05) is 0 Å². The van der Waals surface area contributed by atoms with E-state index in [0.29, 0.717) is 6.42 Å². The third-order valence-corrected chi connectivity index (χ3v) is 4.10. The second-order valence-corrected chi connectivity index (χ2v) is 6.91. The molecule has 0 aromatic heterocycles. The van der Waals surface area contributed by atoms with Crippen LogP contribution in [-0.4, -0.2) is 35.9 Å². The second-order valence-electron chi connectivity index (χ2n) is 6.91. The first-order valence-electron chi connectivity index (χ1n) is 8.36. The van der Waals surface area contributed by atoms with Gasteiger partial charge in [-0.15, -0.1) is 0 Å². The molecule has 0 amide bonds. The van der Waals surface area contributed by atoms with Crippen LogP contribution in [0.5, 0.6) is 0 Å². The number of hydrogen-bond acceptors (Lipinski definition) is 5. The fourth-order valence-electron chi connectivity index (χ4n) is 2.20. The fraction of sp³-hybridized carbons (Fsp3) is 0.500. The maximum Gasteiger partial charge on any atom is 0.347 e. The Morgan fingerprint density at radius 2 is 1.72 bits per heavy atom. The van der Waals surface area contributed by atoms with Crippen LogP contribution in [-0.2, 0) is 24.5 Å². The average Bonchev–Trinajstić information content (AvgIpc) is 2.54. The molecule has 0 saturated carbocycles. The number of ether oxygens (including phenoxy) is 2. The quantitative estimate of drug-likeness (QED) is 0.730. The molecule has 2 atom stereocenters. The van der Waals surface area contributed by atoms with E-state index < -0.39 is 24.1 Å². The smallest absolute Gasteiger partial charge is 0.347 e. The highest BCUT2D eigenvalue weighted by Crippen LogP contribution is 2.28. The Morgan fingerprint density at radius 1 is 1.16 bits per heavy atom. The molecule has 0 radical (unpaired) electrons. The van der Waals surface area contributed by atoms with Crippen LogP contribution in [0.1, 0.15) is 52.2 Å². The highest BCUT2D eigenvalue weighted by atomic mass is 16.6. The molecule has 5 heteroatoms. The Bertz CT molecular complexity index is 613. The van der Waals surface area contributed by atoms with E-state index in [2.05, 4.69) is 32.6 Å². The molecule has 1 aromatic rings. The van der Waals surface area contributed by atoms with Gasteiger partial charge in [0.15, 0.2) is 6.10 Å². The third-order valence-electron chi connectivity index (χ3n) is 4.10. The van der Waals surface area contributed by atoms with E-state index in [1.54, 1.807) is 0 Å². The summed E-state index contributed by atoms with van der Waals surface area (Å²) in [7, 11) is 0. The van der Waals surface area contributed by atoms with Crippen LogP contribution in [0.4, 0.5) is 0 Å². The van der Waals surface area contributed by atoms with E-state index >= 15 is 0 Å². The number of allylic oxidation sites excluding steroid dienone is 1. The van der Waals surface area contributed by atoms with Crippen LogP contribution in [0.25, 0.3) is 5.57 Å². The van der Waals surface area contributed by atoms with Gasteiger partial charge >= 0.3 is 11.9 Å². The molecule has 138 valence electrons. The molecule has 0 aliphatic carbocycles. The minimum atomic E-state index is -1.27. The molecule has 2 unspecified atom stereocenters. The van der Waals surface area contributed by atoms with E-state index in [9.17, 15) is 9.59 Å². The predicted molar refractivity (Wildman–Crippen MR) is 97.0 cm³/mol. The summed E-state index contributed by atoms with van der Waals surface area (Å²) in [5, 5.41) is 9.08. The van der Waals surface area contributed by atoms with Crippen molar-refractivity contribution in [2.75, 3.05) is 6.61 Å². The highest BCUT2D eigenvalue weighted by molar-refractivity contribution is 5.80. The minimum Gasteiger partial charge on any atom is -0.463 e. The fourth-order valence-corrected chi connectivity index (χ4v) is 2.20. The van der Waals surface area contributed by atoms with E-state index in [1.807, 2.05) is 19.1 Å². The van der Waals surface area contributed by atoms with Crippen molar-refractivity contribution in [2.45, 2.75) is 58.7 Å². The zero-order valence-electron chi connectivity index (χ0n) is 15.7. The molecular weight excluding hydrogens is 320 g/mol. The Balaban J connectivity index is 2.54. The van der Waals surface area contributed by atoms with Crippen molar-refractivity contribution in [1.29, 1.82) is 0 Å². The van der Waals surface area contributed by atoms with Crippen LogP contribution < -0.4 is 0 Å². The van der Waals surface area contributed by atoms with Gasteiger partial charge in [-0.05, 0) is 43.7 Å². The number of hydrogen-bond donors (Lipinski definition) is 1. The maximum atomic E-state index is 11.9. The largest absolute Gasteiger partial charge is 0.463 e. The number of rotatable bonds is 8. The molecule has 5 nitrogen and oxygen atoms in total. The average molecular weight is 348 g/mol. The van der Waals surface area contributed by atoms with Crippen LogP contribution in [0.3, 0.4) is 0 Å². The van der Waals surface area contributed by atoms with Gasteiger partial charge in [-0.3, -0.25) is 0 Å². The lowest BCUT2D eigenvalue weighted by Gasteiger charge is -2.25. The number of benzene rings is 1. The Labute approximate surface area is 149 Å². The topological polar surface area (TPSA) is 72.8 Å². The first-order valence-corrected chi connectivity index (χ1v) is 8.36. The van der Waals surface area contributed by atoms with Crippen molar-refractivity contribution in [3.8, 4) is 0 Å². The maximum absolute atomic E-state index is 11.9. The molecule has 0 spiro atoms. The lowest BCUT2D eigenvalue weighted by molar-refractivity contribution is -0.171. The van der Waals surface area contributed by atoms with Crippen molar-refractivity contribution in [3.63, 3.8) is 0 Å². The zero-order chi connectivity index (χ0) is 19.2. The predicted octanol–water partition coefficient (Wildman–Crippen LogP) is 3.24. The van der Waals surface area contributed by atoms with Gasteiger partial charge in [0.25, 0.3) is 0 Å². The SMILES string of the molecule is C=C(C)c1ccc(C(C)(C)CCOC(=O)C(C)OC(=O)C(C)O)cc1. The van der Waals surface area contributed by atoms with Crippen LogP contribution in [0, 0.1) is 0 Å². The normalized spacial score (nSPS) is 13.7. The summed E-state index contributed by atoms with van der Waals surface area (Å²) in [4.78, 5) is 23.1. The Kier molecular flexibility index (Phi) is 7.37. The molecule has 1 aromatic carbocycles. The van der Waals surface area contributed by atoms with Crippen molar-refractivity contribution in [2.24, 2.45) is 0 Å². The summed E-state index contributed by atoms with van der Waals surface area (Å²) < 4.78 is 10.00. The summed E-state index contributed by atoms with van der Waals surface area (Å²) in [6, 6.07) is 8.17. The van der Waals surface area contributed by atoms with E-state index in [1.165, 1.54) is 13.8 Å². The van der Waals surface area contributed by atoms with E-state index in [4.69, 9.17) is 14.6 Å². The summed E-state index contributed by atoms with van der Waals surface area (Å²) in [6.45, 7) is 13.0. The molecule has 0 fully saturated rings. The molecule has 0 aliphatic heterocycles. The van der Waals surface area contributed by atoms with Crippen molar-refractivity contribution in [1.82, 2.24) is 0 Å².